The fraction of sp³-hybridized carbons (Fsp3) is 0.536. The summed E-state index contributed by atoms with van der Waals surface area (Å²) in [7, 11) is 1.76. The Hall–Kier alpha value is -3.01. The van der Waals surface area contributed by atoms with E-state index in [-0.39, 0.29) is 11.7 Å². The molecule has 37 heavy (non-hydrogen) atoms. The highest BCUT2D eigenvalue weighted by atomic mass is 16.5. The van der Waals surface area contributed by atoms with Crippen molar-refractivity contribution in [1.82, 2.24) is 19.4 Å². The van der Waals surface area contributed by atoms with Gasteiger partial charge in [-0.2, -0.15) is 0 Å². The predicted octanol–water partition coefficient (Wildman–Crippen LogP) is 2.93. The molecular weight excluding hydrogens is 472 g/mol. The van der Waals surface area contributed by atoms with Crippen LogP contribution in [0.5, 0.6) is 0 Å². The second-order valence-electron chi connectivity index (χ2n) is 10.4. The van der Waals surface area contributed by atoms with Gasteiger partial charge in [-0.15, -0.1) is 0 Å². The highest BCUT2D eigenvalue weighted by Crippen LogP contribution is 2.28. The molecule has 3 aromatic rings. The average Bonchev–Trinajstić information content (AvgIpc) is 3.20. The van der Waals surface area contributed by atoms with Crippen molar-refractivity contribution >= 4 is 17.0 Å². The Morgan fingerprint density at radius 3 is 2.73 bits per heavy atom. The number of fused-ring (bicyclic) bond motifs is 1. The molecule has 1 saturated heterocycles. The number of aromatic nitrogens is 3. The number of nitrogens with zero attached hydrogens (tertiary/aromatic N) is 3. The Morgan fingerprint density at radius 1 is 1.30 bits per heavy atom. The van der Waals surface area contributed by atoms with Gasteiger partial charge in [0.05, 0.1) is 29.8 Å². The molecule has 2 aromatic heterocycles. The van der Waals surface area contributed by atoms with Gasteiger partial charge in [-0.25, -0.2) is 4.98 Å². The molecule has 0 amide bonds. The first-order chi connectivity index (χ1) is 17.6. The molecule has 0 aliphatic carbocycles. The molecule has 0 saturated carbocycles. The first-order valence-electron chi connectivity index (χ1n) is 13.0. The fourth-order valence-electron chi connectivity index (χ4n) is 4.88. The molecule has 9 heteroatoms. The zero-order valence-electron chi connectivity index (χ0n) is 22.4. The van der Waals surface area contributed by atoms with Gasteiger partial charge < -0.3 is 23.7 Å². The summed E-state index contributed by atoms with van der Waals surface area (Å²) in [6.45, 7) is 9.60. The minimum absolute atomic E-state index is 0.0240. The first-order valence-corrected chi connectivity index (χ1v) is 13.0. The van der Waals surface area contributed by atoms with Crippen LogP contribution in [0.15, 0.2) is 35.3 Å². The van der Waals surface area contributed by atoms with Crippen LogP contribution in [-0.4, -0.2) is 56.7 Å². The number of esters is 1. The van der Waals surface area contributed by atoms with Crippen molar-refractivity contribution in [1.29, 1.82) is 0 Å². The number of nitrogens with one attached hydrogen (secondary N) is 1. The number of ether oxygens (including phenoxy) is 2. The van der Waals surface area contributed by atoms with Gasteiger partial charge in [-0.1, -0.05) is 6.07 Å². The number of aryl methyl sites for hydroxylation is 2. The van der Waals surface area contributed by atoms with Gasteiger partial charge in [0.25, 0.3) is 5.56 Å². The number of pyridine rings is 1. The minimum Gasteiger partial charge on any atom is -0.462 e. The maximum Gasteiger partial charge on any atom is 0.326 e. The Bertz CT molecular complexity index is 1280. The maximum atomic E-state index is 12.4. The van der Waals surface area contributed by atoms with Crippen molar-refractivity contribution in [3.63, 3.8) is 0 Å². The molecule has 0 spiro atoms. The van der Waals surface area contributed by atoms with E-state index in [1.807, 2.05) is 31.3 Å². The lowest BCUT2D eigenvalue weighted by Crippen LogP contribution is -2.46. The summed E-state index contributed by atoms with van der Waals surface area (Å²) in [5, 5.41) is 13.3. The zero-order chi connectivity index (χ0) is 26.7. The molecule has 3 unspecified atom stereocenters. The van der Waals surface area contributed by atoms with Crippen molar-refractivity contribution in [2.24, 2.45) is 13.0 Å². The maximum absolute atomic E-state index is 12.4. The zero-order valence-corrected chi connectivity index (χ0v) is 22.4. The predicted molar refractivity (Wildman–Crippen MR) is 142 cm³/mol. The van der Waals surface area contributed by atoms with E-state index in [1.165, 1.54) is 0 Å². The van der Waals surface area contributed by atoms with Crippen LogP contribution in [0.1, 0.15) is 44.7 Å². The van der Waals surface area contributed by atoms with Gasteiger partial charge in [-0.05, 0) is 64.3 Å². The molecule has 0 radical (unpaired) electrons. The van der Waals surface area contributed by atoms with Crippen molar-refractivity contribution < 1.29 is 19.4 Å². The number of benzene rings is 1. The summed E-state index contributed by atoms with van der Waals surface area (Å²) in [4.78, 5) is 29.7. The highest BCUT2D eigenvalue weighted by molar-refractivity contribution is 5.81. The van der Waals surface area contributed by atoms with E-state index < -0.39 is 18.1 Å². The van der Waals surface area contributed by atoms with Crippen molar-refractivity contribution in [2.75, 3.05) is 13.2 Å². The number of imidazole rings is 1. The van der Waals surface area contributed by atoms with E-state index in [0.717, 1.165) is 54.0 Å². The van der Waals surface area contributed by atoms with E-state index in [4.69, 9.17) is 14.5 Å². The molecule has 1 fully saturated rings. The third-order valence-corrected chi connectivity index (χ3v) is 6.74. The molecule has 2 N–H and O–H groups in total. The van der Waals surface area contributed by atoms with E-state index in [0.29, 0.717) is 24.6 Å². The van der Waals surface area contributed by atoms with Crippen LogP contribution in [0.4, 0.5) is 0 Å². The summed E-state index contributed by atoms with van der Waals surface area (Å²) in [5.41, 5.74) is 4.32. The number of rotatable bonds is 9. The topological polar surface area (TPSA) is 108 Å². The molecule has 1 aliphatic rings. The van der Waals surface area contributed by atoms with Crippen LogP contribution in [0.2, 0.25) is 0 Å². The van der Waals surface area contributed by atoms with Gasteiger partial charge in [0.2, 0.25) is 0 Å². The number of aliphatic hydroxyl groups excluding tert-OH is 1. The van der Waals surface area contributed by atoms with Crippen LogP contribution in [0, 0.1) is 12.8 Å². The molecule has 0 bridgehead atoms. The van der Waals surface area contributed by atoms with E-state index in [1.54, 1.807) is 32.4 Å². The third kappa shape index (κ3) is 6.29. The third-order valence-electron chi connectivity index (χ3n) is 6.74. The molecule has 1 aliphatic heterocycles. The summed E-state index contributed by atoms with van der Waals surface area (Å²) >= 11 is 0. The lowest BCUT2D eigenvalue weighted by atomic mass is 10.0. The van der Waals surface area contributed by atoms with E-state index in [9.17, 15) is 14.7 Å². The lowest BCUT2D eigenvalue weighted by molar-refractivity contribution is -0.152. The van der Waals surface area contributed by atoms with Crippen LogP contribution < -0.4 is 10.9 Å². The largest absolute Gasteiger partial charge is 0.462 e. The van der Waals surface area contributed by atoms with Crippen LogP contribution >= 0.6 is 0 Å². The quantitative estimate of drug-likeness (QED) is 0.426. The average molecular weight is 511 g/mol. The van der Waals surface area contributed by atoms with Crippen molar-refractivity contribution in [3.05, 3.63) is 51.9 Å². The Morgan fingerprint density at radius 2 is 2.08 bits per heavy atom. The summed E-state index contributed by atoms with van der Waals surface area (Å²) in [5.74, 6) is 0.707. The first kappa shape index (κ1) is 27.0. The molecule has 3 heterocycles. The lowest BCUT2D eigenvalue weighted by Gasteiger charge is -2.24. The van der Waals surface area contributed by atoms with Gasteiger partial charge in [-0.3, -0.25) is 14.9 Å². The summed E-state index contributed by atoms with van der Waals surface area (Å²) in [6, 6.07) is 7.09. The number of aliphatic hydroxyl groups is 1. The van der Waals surface area contributed by atoms with Gasteiger partial charge in [0.1, 0.15) is 11.9 Å². The molecule has 1 aromatic carbocycles. The molecule has 4 rings (SSSR count). The number of hydrogen-bond donors (Lipinski definition) is 2. The van der Waals surface area contributed by atoms with E-state index >= 15 is 0 Å². The number of carbonyl (C=O) groups is 1. The van der Waals surface area contributed by atoms with Gasteiger partial charge in [0, 0.05) is 50.0 Å². The molecule has 200 valence electrons. The number of hydrogen-bond acceptors (Lipinski definition) is 7. The summed E-state index contributed by atoms with van der Waals surface area (Å²) < 4.78 is 14.9. The molecular formula is C28H38N4O5. The van der Waals surface area contributed by atoms with Gasteiger partial charge in [0.15, 0.2) is 0 Å². The van der Waals surface area contributed by atoms with Crippen LogP contribution in [0.3, 0.4) is 0 Å². The summed E-state index contributed by atoms with van der Waals surface area (Å²) in [6.07, 6.45) is 2.80. The second kappa shape index (κ2) is 11.6. The Balaban J connectivity index is 1.69. The molecule has 9 nitrogen and oxygen atoms in total. The normalized spacial score (nSPS) is 17.8. The smallest absolute Gasteiger partial charge is 0.326 e. The highest BCUT2D eigenvalue weighted by Gasteiger charge is 2.26. The monoisotopic (exact) mass is 510 g/mol. The minimum atomic E-state index is -0.897. The Kier molecular flexibility index (Phi) is 8.46. The standard InChI is InChI=1S/C28H38N4O5/c1-17(2)37-28(35)25(19(4)33)29-13-20-8-9-23-24(12-20)32(14-21-7-6-10-36-16-21)26(30-23)22-11-18(3)27(34)31(5)15-22/h8-9,11-12,15,17,19,21,25,29,33H,6-7,10,13-14,16H2,1-5H3. The fourth-order valence-corrected chi connectivity index (χ4v) is 4.88. The Labute approximate surface area is 217 Å². The molecule has 3 atom stereocenters. The van der Waals surface area contributed by atoms with Crippen molar-refractivity contribution in [2.45, 2.75) is 71.9 Å². The van der Waals surface area contributed by atoms with Crippen LogP contribution in [0.25, 0.3) is 22.4 Å². The number of carbonyl (C=O) groups excluding carboxylic acids is 1. The van der Waals surface area contributed by atoms with Crippen molar-refractivity contribution in [3.8, 4) is 11.4 Å². The second-order valence-corrected chi connectivity index (χ2v) is 10.4. The van der Waals surface area contributed by atoms with Crippen LogP contribution in [-0.2, 0) is 34.4 Å². The van der Waals surface area contributed by atoms with E-state index in [2.05, 4.69) is 16.0 Å². The SMILES string of the molecule is Cc1cc(-c2nc3ccc(CNC(C(=O)OC(C)C)C(C)O)cc3n2CC2CCCOC2)cn(C)c1=O. The van der Waals surface area contributed by atoms with Gasteiger partial charge >= 0.3 is 5.97 Å².